The van der Waals surface area contributed by atoms with Crippen molar-refractivity contribution in [2.45, 2.75) is 39.3 Å². The number of carboxylic acids is 1. The molecule has 0 spiro atoms. The predicted octanol–water partition coefficient (Wildman–Crippen LogP) is 1.67. The van der Waals surface area contributed by atoms with Crippen LogP contribution in [0.1, 0.15) is 26.3 Å². The molecule has 1 unspecified atom stereocenters. The highest BCUT2D eigenvalue weighted by atomic mass is 16.6. The van der Waals surface area contributed by atoms with Crippen LogP contribution in [-0.2, 0) is 30.3 Å². The first-order chi connectivity index (χ1) is 11.8. The SMILES string of the molecule is CCOC(=O)C(C)OC(=O)/C=C(\C)N[C@@H](Cc1ccccc1)C(=O)O. The van der Waals surface area contributed by atoms with Crippen molar-refractivity contribution in [3.05, 3.63) is 47.7 Å². The molecular weight excluding hydrogens is 326 g/mol. The van der Waals surface area contributed by atoms with E-state index >= 15 is 0 Å². The second kappa shape index (κ2) is 10.1. The number of esters is 2. The minimum Gasteiger partial charge on any atom is -0.480 e. The van der Waals surface area contributed by atoms with E-state index in [1.165, 1.54) is 6.92 Å². The van der Waals surface area contributed by atoms with Gasteiger partial charge in [-0.25, -0.2) is 14.4 Å². The summed E-state index contributed by atoms with van der Waals surface area (Å²) in [4.78, 5) is 34.6. The Kier molecular flexibility index (Phi) is 8.18. The molecule has 1 aromatic rings. The molecule has 0 aliphatic rings. The standard InChI is InChI=1S/C18H23NO6/c1-4-24-18(23)13(3)25-16(20)10-12(2)19-15(17(21)22)11-14-8-6-5-7-9-14/h5-10,13,15,19H,4,11H2,1-3H3,(H,21,22)/b12-10+/t13?,15-/m0/s1. The van der Waals surface area contributed by atoms with E-state index in [1.54, 1.807) is 13.8 Å². The van der Waals surface area contributed by atoms with Gasteiger partial charge in [0.2, 0.25) is 0 Å². The summed E-state index contributed by atoms with van der Waals surface area (Å²) < 4.78 is 9.66. The smallest absolute Gasteiger partial charge is 0.347 e. The van der Waals surface area contributed by atoms with Gasteiger partial charge in [-0.15, -0.1) is 0 Å². The number of hydrogen-bond acceptors (Lipinski definition) is 6. The third-order valence-corrected chi connectivity index (χ3v) is 3.23. The zero-order valence-electron chi connectivity index (χ0n) is 14.5. The summed E-state index contributed by atoms with van der Waals surface area (Å²) in [7, 11) is 0. The number of aliphatic carboxylic acids is 1. The zero-order valence-corrected chi connectivity index (χ0v) is 14.5. The van der Waals surface area contributed by atoms with Gasteiger partial charge in [0.15, 0.2) is 6.10 Å². The first-order valence-electron chi connectivity index (χ1n) is 7.92. The lowest BCUT2D eigenvalue weighted by Crippen LogP contribution is -2.37. The zero-order chi connectivity index (χ0) is 18.8. The Balaban J connectivity index is 2.65. The highest BCUT2D eigenvalue weighted by Crippen LogP contribution is 2.06. The van der Waals surface area contributed by atoms with E-state index in [2.05, 4.69) is 5.32 Å². The van der Waals surface area contributed by atoms with Crippen LogP contribution < -0.4 is 5.32 Å². The lowest BCUT2D eigenvalue weighted by Gasteiger charge is -2.16. The molecule has 0 aliphatic heterocycles. The molecule has 1 rings (SSSR count). The molecule has 0 aromatic heterocycles. The Labute approximate surface area is 146 Å². The lowest BCUT2D eigenvalue weighted by molar-refractivity contribution is -0.163. The second-order valence-corrected chi connectivity index (χ2v) is 5.38. The van der Waals surface area contributed by atoms with Crippen molar-refractivity contribution in [2.75, 3.05) is 6.61 Å². The molecule has 1 aromatic carbocycles. The second-order valence-electron chi connectivity index (χ2n) is 5.38. The summed E-state index contributed by atoms with van der Waals surface area (Å²) in [6.07, 6.45) is 0.336. The van der Waals surface area contributed by atoms with Crippen LogP contribution in [0.5, 0.6) is 0 Å². The Hall–Kier alpha value is -2.83. The lowest BCUT2D eigenvalue weighted by atomic mass is 10.1. The normalized spacial score (nSPS) is 13.5. The van der Waals surface area contributed by atoms with Gasteiger partial charge in [-0.2, -0.15) is 0 Å². The van der Waals surface area contributed by atoms with Crippen LogP contribution in [0.2, 0.25) is 0 Å². The van der Waals surface area contributed by atoms with Gasteiger partial charge >= 0.3 is 17.9 Å². The highest BCUT2D eigenvalue weighted by molar-refractivity contribution is 5.86. The maximum atomic E-state index is 11.8. The summed E-state index contributed by atoms with van der Waals surface area (Å²) in [5.41, 5.74) is 1.18. The van der Waals surface area contributed by atoms with Crippen molar-refractivity contribution in [1.29, 1.82) is 0 Å². The van der Waals surface area contributed by atoms with Crippen molar-refractivity contribution in [3.8, 4) is 0 Å². The van der Waals surface area contributed by atoms with Gasteiger partial charge in [0, 0.05) is 18.2 Å². The molecule has 0 bridgehead atoms. The number of carbonyl (C=O) groups excluding carboxylic acids is 2. The van der Waals surface area contributed by atoms with E-state index < -0.39 is 30.1 Å². The molecule has 0 fully saturated rings. The molecule has 0 amide bonds. The van der Waals surface area contributed by atoms with Crippen molar-refractivity contribution >= 4 is 17.9 Å². The largest absolute Gasteiger partial charge is 0.480 e. The first-order valence-corrected chi connectivity index (χ1v) is 7.92. The molecule has 0 heterocycles. The van der Waals surface area contributed by atoms with Gasteiger partial charge in [-0.1, -0.05) is 30.3 Å². The van der Waals surface area contributed by atoms with Crippen LogP contribution in [0.4, 0.5) is 0 Å². The maximum Gasteiger partial charge on any atom is 0.347 e. The van der Waals surface area contributed by atoms with E-state index in [-0.39, 0.29) is 13.0 Å². The fourth-order valence-electron chi connectivity index (χ4n) is 2.06. The number of carbonyl (C=O) groups is 3. The summed E-state index contributed by atoms with van der Waals surface area (Å²) in [6, 6.07) is 8.25. The van der Waals surface area contributed by atoms with E-state index in [4.69, 9.17) is 9.47 Å². The van der Waals surface area contributed by atoms with E-state index in [1.807, 2.05) is 30.3 Å². The molecule has 7 nitrogen and oxygen atoms in total. The van der Waals surface area contributed by atoms with Crippen molar-refractivity contribution in [1.82, 2.24) is 5.32 Å². The molecule has 2 atom stereocenters. The van der Waals surface area contributed by atoms with Crippen molar-refractivity contribution in [3.63, 3.8) is 0 Å². The van der Waals surface area contributed by atoms with Crippen LogP contribution in [0.15, 0.2) is 42.1 Å². The fourth-order valence-corrected chi connectivity index (χ4v) is 2.06. The number of rotatable bonds is 9. The number of benzene rings is 1. The maximum absolute atomic E-state index is 11.8. The molecule has 0 aliphatic carbocycles. The molecule has 0 radical (unpaired) electrons. The Morgan fingerprint density at radius 2 is 1.88 bits per heavy atom. The minimum absolute atomic E-state index is 0.191. The van der Waals surface area contributed by atoms with Crippen LogP contribution in [-0.4, -0.2) is 41.8 Å². The predicted molar refractivity (Wildman–Crippen MR) is 90.6 cm³/mol. The Bertz CT molecular complexity index is 626. The number of hydrogen-bond donors (Lipinski definition) is 2. The average Bonchev–Trinajstić information content (AvgIpc) is 2.55. The molecule has 0 saturated carbocycles. The van der Waals surface area contributed by atoms with Crippen molar-refractivity contribution in [2.24, 2.45) is 0 Å². The third-order valence-electron chi connectivity index (χ3n) is 3.23. The quantitative estimate of drug-likeness (QED) is 0.516. The van der Waals surface area contributed by atoms with E-state index in [0.29, 0.717) is 5.70 Å². The Morgan fingerprint density at radius 3 is 2.44 bits per heavy atom. The first kappa shape index (κ1) is 20.2. The van der Waals surface area contributed by atoms with Gasteiger partial charge < -0.3 is 19.9 Å². The fraction of sp³-hybridized carbons (Fsp3) is 0.389. The van der Waals surface area contributed by atoms with Gasteiger partial charge in [0.1, 0.15) is 6.04 Å². The molecule has 2 N–H and O–H groups in total. The summed E-state index contributed by atoms with van der Waals surface area (Å²) in [5.74, 6) is -2.43. The van der Waals surface area contributed by atoms with Gasteiger partial charge in [0.25, 0.3) is 0 Å². The van der Waals surface area contributed by atoms with Crippen molar-refractivity contribution < 1.29 is 29.0 Å². The average molecular weight is 349 g/mol. The third kappa shape index (κ3) is 7.52. The summed E-state index contributed by atoms with van der Waals surface area (Å²) >= 11 is 0. The number of ether oxygens (including phenoxy) is 2. The van der Waals surface area contributed by atoms with Crippen LogP contribution >= 0.6 is 0 Å². The minimum atomic E-state index is -1.04. The topological polar surface area (TPSA) is 102 Å². The molecule has 136 valence electrons. The van der Waals surface area contributed by atoms with Gasteiger partial charge in [0.05, 0.1) is 6.61 Å². The summed E-state index contributed by atoms with van der Waals surface area (Å²) in [6.45, 7) is 4.80. The molecular formula is C18H23NO6. The van der Waals surface area contributed by atoms with E-state index in [9.17, 15) is 19.5 Å². The number of carboxylic acid groups (broad SMARTS) is 1. The molecule has 25 heavy (non-hydrogen) atoms. The highest BCUT2D eigenvalue weighted by Gasteiger charge is 2.20. The van der Waals surface area contributed by atoms with Gasteiger partial charge in [-0.05, 0) is 26.3 Å². The van der Waals surface area contributed by atoms with Crippen LogP contribution in [0.25, 0.3) is 0 Å². The van der Waals surface area contributed by atoms with Crippen LogP contribution in [0, 0.1) is 0 Å². The molecule has 0 saturated heterocycles. The van der Waals surface area contributed by atoms with Gasteiger partial charge in [-0.3, -0.25) is 0 Å². The Morgan fingerprint density at radius 1 is 1.24 bits per heavy atom. The van der Waals surface area contributed by atoms with Crippen LogP contribution in [0.3, 0.4) is 0 Å². The van der Waals surface area contributed by atoms with E-state index in [0.717, 1.165) is 11.6 Å². The number of allylic oxidation sites excluding steroid dienone is 1. The molecule has 7 heteroatoms. The number of nitrogens with one attached hydrogen (secondary N) is 1. The summed E-state index contributed by atoms with van der Waals surface area (Å²) in [5, 5.41) is 12.1. The monoisotopic (exact) mass is 349 g/mol.